The van der Waals surface area contributed by atoms with E-state index in [0.29, 0.717) is 0 Å². The number of rotatable bonds is 5. The fourth-order valence-electron chi connectivity index (χ4n) is 3.67. The van der Waals surface area contributed by atoms with E-state index >= 15 is 0 Å². The summed E-state index contributed by atoms with van der Waals surface area (Å²) in [5, 5.41) is 6.31. The molecule has 2 aromatic heterocycles. The molecule has 146 valence electrons. The maximum absolute atomic E-state index is 12.7. The largest absolute Gasteiger partial charge is 0.353 e. The van der Waals surface area contributed by atoms with Crippen molar-refractivity contribution >= 4 is 33.3 Å². The fraction of sp³-hybridized carbons (Fsp3) is 0.381. The Kier molecular flexibility index (Phi) is 5.54. The molecular weight excluding hydrogens is 370 g/mol. The lowest BCUT2D eigenvalue weighted by Crippen LogP contribution is -2.54. The smallest absolute Gasteiger partial charge is 0.237 e. The summed E-state index contributed by atoms with van der Waals surface area (Å²) in [6, 6.07) is 12.0. The molecule has 0 radical (unpaired) electrons. The second-order valence-corrected chi connectivity index (χ2v) is 8.07. The van der Waals surface area contributed by atoms with Crippen molar-refractivity contribution in [3.63, 3.8) is 0 Å². The highest BCUT2D eigenvalue weighted by atomic mass is 32.1. The maximum Gasteiger partial charge on any atom is 0.237 e. The molecule has 1 N–H and O–H groups in total. The summed E-state index contributed by atoms with van der Waals surface area (Å²) >= 11 is 1.64. The van der Waals surface area contributed by atoms with Gasteiger partial charge in [0.2, 0.25) is 5.91 Å². The van der Waals surface area contributed by atoms with Gasteiger partial charge in [0.25, 0.3) is 0 Å². The van der Waals surface area contributed by atoms with Crippen LogP contribution >= 0.6 is 11.3 Å². The van der Waals surface area contributed by atoms with Crippen LogP contribution in [-0.4, -0.2) is 53.0 Å². The van der Waals surface area contributed by atoms with Crippen molar-refractivity contribution < 1.29 is 4.79 Å². The van der Waals surface area contributed by atoms with E-state index in [1.165, 1.54) is 0 Å². The molecule has 3 heterocycles. The predicted molar refractivity (Wildman–Crippen MR) is 114 cm³/mol. The molecular formula is C21H25N5OS. The van der Waals surface area contributed by atoms with Gasteiger partial charge in [0.05, 0.1) is 17.5 Å². The van der Waals surface area contributed by atoms with E-state index in [1.54, 1.807) is 17.7 Å². The van der Waals surface area contributed by atoms with Crippen molar-refractivity contribution in [1.82, 2.24) is 20.2 Å². The summed E-state index contributed by atoms with van der Waals surface area (Å²) in [5.41, 5.74) is 1.12. The minimum Gasteiger partial charge on any atom is -0.353 e. The molecule has 1 fully saturated rings. The van der Waals surface area contributed by atoms with Crippen molar-refractivity contribution in [2.24, 2.45) is 0 Å². The van der Waals surface area contributed by atoms with Crippen LogP contribution in [0.5, 0.6) is 0 Å². The Morgan fingerprint density at radius 2 is 1.82 bits per heavy atom. The lowest BCUT2D eigenvalue weighted by Gasteiger charge is -2.38. The molecule has 28 heavy (non-hydrogen) atoms. The number of nitrogens with zero attached hydrogens (tertiary/aromatic N) is 4. The number of carbonyl (C=O) groups is 1. The molecule has 0 aliphatic carbocycles. The molecule has 0 saturated carbocycles. The van der Waals surface area contributed by atoms with E-state index in [4.69, 9.17) is 0 Å². The van der Waals surface area contributed by atoms with Gasteiger partial charge in [-0.05, 0) is 30.9 Å². The molecule has 1 aromatic carbocycles. The summed E-state index contributed by atoms with van der Waals surface area (Å²) in [7, 11) is 0. The van der Waals surface area contributed by atoms with Crippen molar-refractivity contribution in [2.45, 2.75) is 25.9 Å². The van der Waals surface area contributed by atoms with Crippen LogP contribution in [0.3, 0.4) is 0 Å². The van der Waals surface area contributed by atoms with Crippen LogP contribution in [0.15, 0.2) is 48.1 Å². The zero-order valence-corrected chi connectivity index (χ0v) is 17.0. The Hall–Kier alpha value is -2.51. The van der Waals surface area contributed by atoms with Crippen molar-refractivity contribution in [2.75, 3.05) is 31.1 Å². The van der Waals surface area contributed by atoms with Gasteiger partial charge in [-0.1, -0.05) is 30.3 Å². The van der Waals surface area contributed by atoms with E-state index in [1.807, 2.05) is 44.2 Å². The third-order valence-corrected chi connectivity index (χ3v) is 6.26. The fourth-order valence-corrected chi connectivity index (χ4v) is 4.40. The summed E-state index contributed by atoms with van der Waals surface area (Å²) < 4.78 is 0. The van der Waals surface area contributed by atoms with Crippen LogP contribution in [0, 0.1) is 0 Å². The van der Waals surface area contributed by atoms with E-state index in [0.717, 1.165) is 47.8 Å². The third-order valence-electron chi connectivity index (χ3n) is 5.44. The normalized spacial score (nSPS) is 17.4. The van der Waals surface area contributed by atoms with Crippen molar-refractivity contribution in [3.05, 3.63) is 53.7 Å². The second kappa shape index (κ2) is 8.24. The van der Waals surface area contributed by atoms with Crippen LogP contribution in [0.2, 0.25) is 0 Å². The Labute approximate surface area is 169 Å². The molecule has 1 aliphatic rings. The van der Waals surface area contributed by atoms with Gasteiger partial charge in [-0.3, -0.25) is 9.69 Å². The molecule has 4 rings (SSSR count). The first-order valence-corrected chi connectivity index (χ1v) is 10.5. The van der Waals surface area contributed by atoms with Crippen LogP contribution in [0.1, 0.15) is 25.5 Å². The van der Waals surface area contributed by atoms with Gasteiger partial charge in [-0.2, -0.15) is 0 Å². The zero-order valence-electron chi connectivity index (χ0n) is 16.2. The molecule has 1 aliphatic heterocycles. The highest BCUT2D eigenvalue weighted by Crippen LogP contribution is 2.27. The predicted octanol–water partition coefficient (Wildman–Crippen LogP) is 3.08. The molecule has 6 nitrogen and oxygen atoms in total. The Morgan fingerprint density at radius 1 is 1.07 bits per heavy atom. The van der Waals surface area contributed by atoms with Gasteiger partial charge >= 0.3 is 0 Å². The monoisotopic (exact) mass is 395 g/mol. The number of hydrogen-bond donors (Lipinski definition) is 1. The molecule has 7 heteroatoms. The highest BCUT2D eigenvalue weighted by molar-refractivity contribution is 7.16. The first-order chi connectivity index (χ1) is 13.6. The van der Waals surface area contributed by atoms with E-state index in [9.17, 15) is 4.79 Å². The summed E-state index contributed by atoms with van der Waals surface area (Å²) in [5.74, 6) is 1.08. The van der Waals surface area contributed by atoms with Gasteiger partial charge in [-0.25, -0.2) is 9.97 Å². The second-order valence-electron chi connectivity index (χ2n) is 7.18. The highest BCUT2D eigenvalue weighted by Gasteiger charge is 2.27. The van der Waals surface area contributed by atoms with E-state index in [-0.39, 0.29) is 18.0 Å². The number of piperazine rings is 1. The summed E-state index contributed by atoms with van der Waals surface area (Å²) in [6.45, 7) is 7.40. The standard InChI is InChI=1S/C21H25N5OS/c1-15(17-6-4-3-5-7-17)24-20(27)16(2)25-9-11-26(12-10-25)19-18-8-13-28-21(18)23-14-22-19/h3-8,13-16H,9-12H2,1-2H3,(H,24,27). The van der Waals surface area contributed by atoms with Gasteiger partial charge in [0.15, 0.2) is 0 Å². The minimum absolute atomic E-state index is 0.00494. The topological polar surface area (TPSA) is 61.4 Å². The van der Waals surface area contributed by atoms with Crippen LogP contribution in [0.25, 0.3) is 10.2 Å². The molecule has 1 amide bonds. The molecule has 2 atom stereocenters. The summed E-state index contributed by atoms with van der Waals surface area (Å²) in [4.78, 5) is 27.1. The van der Waals surface area contributed by atoms with Gasteiger partial charge in [0.1, 0.15) is 17.0 Å². The van der Waals surface area contributed by atoms with Gasteiger partial charge < -0.3 is 10.2 Å². The molecule has 2 unspecified atom stereocenters. The van der Waals surface area contributed by atoms with Crippen molar-refractivity contribution in [1.29, 1.82) is 0 Å². The number of aromatic nitrogens is 2. The number of benzene rings is 1. The Bertz CT molecular complexity index is 936. The lowest BCUT2D eigenvalue weighted by atomic mass is 10.1. The number of fused-ring (bicyclic) bond motifs is 1. The maximum atomic E-state index is 12.7. The quantitative estimate of drug-likeness (QED) is 0.719. The molecule has 1 saturated heterocycles. The Morgan fingerprint density at radius 3 is 2.57 bits per heavy atom. The van der Waals surface area contributed by atoms with E-state index in [2.05, 4.69) is 36.5 Å². The van der Waals surface area contributed by atoms with Crippen LogP contribution in [-0.2, 0) is 4.79 Å². The third kappa shape index (κ3) is 3.86. The zero-order chi connectivity index (χ0) is 19.5. The van der Waals surface area contributed by atoms with Crippen LogP contribution in [0.4, 0.5) is 5.82 Å². The summed E-state index contributed by atoms with van der Waals surface area (Å²) in [6.07, 6.45) is 1.64. The van der Waals surface area contributed by atoms with Crippen LogP contribution < -0.4 is 10.2 Å². The van der Waals surface area contributed by atoms with Crippen molar-refractivity contribution in [3.8, 4) is 0 Å². The van der Waals surface area contributed by atoms with E-state index < -0.39 is 0 Å². The molecule has 3 aromatic rings. The SMILES string of the molecule is CC(NC(=O)C(C)N1CCN(c2ncnc3sccc23)CC1)c1ccccc1. The van der Waals surface area contributed by atoms with Gasteiger partial charge in [-0.15, -0.1) is 11.3 Å². The molecule has 0 spiro atoms. The number of carbonyl (C=O) groups excluding carboxylic acids is 1. The number of nitrogens with one attached hydrogen (secondary N) is 1. The average molecular weight is 396 g/mol. The number of hydrogen-bond acceptors (Lipinski definition) is 6. The number of amides is 1. The lowest BCUT2D eigenvalue weighted by molar-refractivity contribution is -0.126. The minimum atomic E-state index is -0.153. The molecule has 0 bridgehead atoms. The first-order valence-electron chi connectivity index (χ1n) is 9.66. The Balaban J connectivity index is 1.35. The first kappa shape index (κ1) is 18.8. The number of anilines is 1. The average Bonchev–Trinajstić information content (AvgIpc) is 3.23. The van der Waals surface area contributed by atoms with Gasteiger partial charge in [0, 0.05) is 26.2 Å². The number of thiophene rings is 1.